The van der Waals surface area contributed by atoms with Crippen molar-refractivity contribution in [2.45, 2.75) is 13.0 Å². The Labute approximate surface area is 163 Å². The van der Waals surface area contributed by atoms with Gasteiger partial charge in [0.05, 0.1) is 17.9 Å². The molecule has 0 spiro atoms. The number of hydrogen-bond acceptors (Lipinski definition) is 7. The largest absolute Gasteiger partial charge is 0.368 e. The Balaban J connectivity index is 1.86. The molecule has 8 nitrogen and oxygen atoms in total. The Bertz CT molecular complexity index is 1240. The van der Waals surface area contributed by atoms with Crippen LogP contribution in [0, 0.1) is 23.0 Å². The Kier molecular flexibility index (Phi) is 4.48. The van der Waals surface area contributed by atoms with E-state index in [9.17, 15) is 14.0 Å². The molecule has 3 heterocycles. The first-order valence-electron chi connectivity index (χ1n) is 8.55. The highest BCUT2D eigenvalue weighted by Gasteiger charge is 2.21. The molecule has 4 aromatic rings. The van der Waals surface area contributed by atoms with Gasteiger partial charge in [-0.15, -0.1) is 0 Å². The number of imidazole rings is 1. The highest BCUT2D eigenvalue weighted by molar-refractivity contribution is 5.74. The van der Waals surface area contributed by atoms with E-state index < -0.39 is 17.7 Å². The molecule has 0 bridgehead atoms. The van der Waals surface area contributed by atoms with E-state index in [4.69, 9.17) is 5.73 Å². The third-order valence-electron chi connectivity index (χ3n) is 4.22. The number of nitriles is 1. The van der Waals surface area contributed by atoms with E-state index in [-0.39, 0.29) is 23.0 Å². The standard InChI is InChI=1S/C19H14F2N8/c1-10(26-16-11(8-22)9-25-19(23)28-16)17-27-15-3-2-4-24-18(15)29(17)14-6-12(20)5-13(21)7-14/h2-7,9-10H,1H3,(H3,23,25,26,28)/t10-/m0/s1. The topological polar surface area (TPSA) is 118 Å². The lowest BCUT2D eigenvalue weighted by Gasteiger charge is -2.17. The quantitative estimate of drug-likeness (QED) is 0.548. The zero-order valence-corrected chi connectivity index (χ0v) is 15.1. The van der Waals surface area contributed by atoms with Crippen molar-refractivity contribution in [1.82, 2.24) is 24.5 Å². The molecule has 144 valence electrons. The first-order valence-corrected chi connectivity index (χ1v) is 8.55. The van der Waals surface area contributed by atoms with Crippen molar-refractivity contribution in [1.29, 1.82) is 5.26 Å². The van der Waals surface area contributed by atoms with Gasteiger partial charge in [0.2, 0.25) is 5.95 Å². The number of pyridine rings is 1. The summed E-state index contributed by atoms with van der Waals surface area (Å²) in [7, 11) is 0. The molecule has 0 aliphatic carbocycles. The monoisotopic (exact) mass is 392 g/mol. The van der Waals surface area contributed by atoms with Crippen LogP contribution in [0.4, 0.5) is 20.5 Å². The van der Waals surface area contributed by atoms with Crippen LogP contribution >= 0.6 is 0 Å². The van der Waals surface area contributed by atoms with Gasteiger partial charge in [0, 0.05) is 12.3 Å². The number of rotatable bonds is 4. The second-order valence-corrected chi connectivity index (χ2v) is 6.25. The van der Waals surface area contributed by atoms with Crippen LogP contribution in [-0.2, 0) is 0 Å². The fourth-order valence-corrected chi connectivity index (χ4v) is 3.00. The lowest BCUT2D eigenvalue weighted by atomic mass is 10.2. The van der Waals surface area contributed by atoms with Crippen molar-refractivity contribution >= 4 is 22.9 Å². The second-order valence-electron chi connectivity index (χ2n) is 6.25. The number of halogens is 2. The van der Waals surface area contributed by atoms with E-state index in [0.717, 1.165) is 6.07 Å². The number of fused-ring (bicyclic) bond motifs is 1. The molecule has 4 rings (SSSR count). The van der Waals surface area contributed by atoms with Gasteiger partial charge in [-0.1, -0.05) is 0 Å². The number of benzene rings is 1. The first-order chi connectivity index (χ1) is 14.0. The number of nitrogens with two attached hydrogens (primary N) is 1. The summed E-state index contributed by atoms with van der Waals surface area (Å²) in [6.45, 7) is 1.77. The summed E-state index contributed by atoms with van der Waals surface area (Å²) >= 11 is 0. The third-order valence-corrected chi connectivity index (χ3v) is 4.22. The third kappa shape index (κ3) is 3.41. The summed E-state index contributed by atoms with van der Waals surface area (Å²) in [5.41, 5.74) is 7.03. The summed E-state index contributed by atoms with van der Waals surface area (Å²) in [4.78, 5) is 16.7. The van der Waals surface area contributed by atoms with E-state index >= 15 is 0 Å². The van der Waals surface area contributed by atoms with Gasteiger partial charge < -0.3 is 11.1 Å². The Morgan fingerprint density at radius 2 is 1.93 bits per heavy atom. The molecule has 0 aliphatic rings. The molecule has 10 heteroatoms. The fraction of sp³-hybridized carbons (Fsp3) is 0.105. The van der Waals surface area contributed by atoms with Crippen LogP contribution in [0.1, 0.15) is 24.4 Å². The zero-order valence-electron chi connectivity index (χ0n) is 15.1. The zero-order chi connectivity index (χ0) is 20.5. The van der Waals surface area contributed by atoms with Gasteiger partial charge >= 0.3 is 0 Å². The van der Waals surface area contributed by atoms with Gasteiger partial charge in [-0.05, 0) is 31.2 Å². The SMILES string of the molecule is C[C@H](Nc1nc(N)ncc1C#N)c1nc2cccnc2n1-c1cc(F)cc(F)c1. The predicted molar refractivity (Wildman–Crippen MR) is 102 cm³/mol. The number of anilines is 2. The minimum atomic E-state index is -0.723. The van der Waals surface area contributed by atoms with Crippen LogP contribution in [0.5, 0.6) is 0 Å². The molecule has 0 fully saturated rings. The number of nitrogens with zero attached hydrogens (tertiary/aromatic N) is 6. The van der Waals surface area contributed by atoms with Crippen LogP contribution in [0.25, 0.3) is 16.9 Å². The van der Waals surface area contributed by atoms with Crippen LogP contribution < -0.4 is 11.1 Å². The van der Waals surface area contributed by atoms with Gasteiger partial charge in [-0.3, -0.25) is 4.57 Å². The molecule has 3 N–H and O–H groups in total. The molecule has 0 saturated carbocycles. The molecule has 0 aliphatic heterocycles. The average molecular weight is 392 g/mol. The Morgan fingerprint density at radius 1 is 1.17 bits per heavy atom. The molecule has 0 amide bonds. The number of nitrogens with one attached hydrogen (secondary N) is 1. The van der Waals surface area contributed by atoms with Crippen molar-refractivity contribution in [2.75, 3.05) is 11.1 Å². The maximum Gasteiger partial charge on any atom is 0.222 e. The van der Waals surface area contributed by atoms with Gasteiger partial charge in [0.25, 0.3) is 0 Å². The minimum Gasteiger partial charge on any atom is -0.368 e. The van der Waals surface area contributed by atoms with Crippen molar-refractivity contribution in [3.8, 4) is 11.8 Å². The van der Waals surface area contributed by atoms with Crippen molar-refractivity contribution < 1.29 is 8.78 Å². The lowest BCUT2D eigenvalue weighted by molar-refractivity contribution is 0.581. The van der Waals surface area contributed by atoms with Crippen LogP contribution in [0.2, 0.25) is 0 Å². The van der Waals surface area contributed by atoms with Gasteiger partial charge in [-0.2, -0.15) is 10.2 Å². The van der Waals surface area contributed by atoms with E-state index in [1.165, 1.54) is 18.3 Å². The highest BCUT2D eigenvalue weighted by atomic mass is 19.1. The van der Waals surface area contributed by atoms with Crippen molar-refractivity contribution in [3.05, 3.63) is 65.7 Å². The summed E-state index contributed by atoms with van der Waals surface area (Å²) in [6.07, 6.45) is 2.88. The molecule has 0 saturated heterocycles. The van der Waals surface area contributed by atoms with E-state index in [0.29, 0.717) is 17.0 Å². The Hall–Kier alpha value is -4.13. The molecule has 1 aromatic carbocycles. The normalized spacial score (nSPS) is 11.9. The summed E-state index contributed by atoms with van der Waals surface area (Å²) in [5.74, 6) is -0.797. The summed E-state index contributed by atoms with van der Waals surface area (Å²) in [5, 5.41) is 12.3. The van der Waals surface area contributed by atoms with Crippen molar-refractivity contribution in [2.24, 2.45) is 0 Å². The molecule has 3 aromatic heterocycles. The van der Waals surface area contributed by atoms with Crippen LogP contribution in [0.3, 0.4) is 0 Å². The molecular weight excluding hydrogens is 378 g/mol. The average Bonchev–Trinajstić information content (AvgIpc) is 3.07. The van der Waals surface area contributed by atoms with Crippen molar-refractivity contribution in [3.63, 3.8) is 0 Å². The summed E-state index contributed by atoms with van der Waals surface area (Å²) < 4.78 is 29.3. The lowest BCUT2D eigenvalue weighted by Crippen LogP contribution is -2.15. The maximum atomic E-state index is 13.9. The van der Waals surface area contributed by atoms with Gasteiger partial charge in [0.1, 0.15) is 40.4 Å². The fourth-order valence-electron chi connectivity index (χ4n) is 3.00. The molecule has 29 heavy (non-hydrogen) atoms. The second kappa shape index (κ2) is 7.12. The molecule has 0 unspecified atom stereocenters. The van der Waals surface area contributed by atoms with E-state index in [1.807, 2.05) is 6.07 Å². The number of nitrogen functional groups attached to an aromatic ring is 1. The van der Waals surface area contributed by atoms with Crippen LogP contribution in [-0.4, -0.2) is 24.5 Å². The van der Waals surface area contributed by atoms with E-state index in [2.05, 4.69) is 25.3 Å². The summed E-state index contributed by atoms with van der Waals surface area (Å²) in [6, 6.07) is 8.11. The van der Waals surface area contributed by atoms with Crippen LogP contribution in [0.15, 0.2) is 42.7 Å². The first kappa shape index (κ1) is 18.2. The maximum absolute atomic E-state index is 13.9. The predicted octanol–water partition coefficient (Wildman–Crippen LogP) is 3.12. The highest BCUT2D eigenvalue weighted by Crippen LogP contribution is 2.27. The smallest absolute Gasteiger partial charge is 0.222 e. The number of aromatic nitrogens is 5. The molecule has 0 radical (unpaired) electrons. The Morgan fingerprint density at radius 3 is 2.66 bits per heavy atom. The van der Waals surface area contributed by atoms with Gasteiger partial charge in [0.15, 0.2) is 5.65 Å². The minimum absolute atomic E-state index is 0.000992. The van der Waals surface area contributed by atoms with Gasteiger partial charge in [-0.25, -0.2) is 23.7 Å². The van der Waals surface area contributed by atoms with E-state index in [1.54, 1.807) is 29.8 Å². The molecular formula is C19H14F2N8. The number of hydrogen-bond donors (Lipinski definition) is 2. The molecule has 1 atom stereocenters.